The minimum Gasteiger partial charge on any atom is -0.480 e. The van der Waals surface area contributed by atoms with Crippen LogP contribution in [0.15, 0.2) is 65.6 Å². The average Bonchev–Trinajstić information content (AvgIpc) is 2.79. The molecule has 0 saturated heterocycles. The van der Waals surface area contributed by atoms with Crippen LogP contribution in [0.4, 0.5) is 4.79 Å². The molecule has 0 aliphatic rings. The molecule has 0 aliphatic carbocycles. The fourth-order valence-electron chi connectivity index (χ4n) is 2.96. The molecule has 9 nitrogen and oxygen atoms in total. The van der Waals surface area contributed by atoms with E-state index in [0.29, 0.717) is 0 Å². The van der Waals surface area contributed by atoms with E-state index in [4.69, 9.17) is 4.74 Å². The van der Waals surface area contributed by atoms with Gasteiger partial charge in [0.2, 0.25) is 5.91 Å². The summed E-state index contributed by atoms with van der Waals surface area (Å²) in [4.78, 5) is 36.6. The predicted octanol–water partition coefficient (Wildman–Crippen LogP) is 2.37. The van der Waals surface area contributed by atoms with Crippen molar-refractivity contribution < 1.29 is 32.6 Å². The number of benzene rings is 2. The molecular formula is C23H28N2O7S. The van der Waals surface area contributed by atoms with E-state index >= 15 is 0 Å². The number of nitrogens with one attached hydrogen (secondary N) is 2. The summed E-state index contributed by atoms with van der Waals surface area (Å²) in [5, 5.41) is 14.3. The van der Waals surface area contributed by atoms with E-state index in [9.17, 15) is 27.9 Å². The van der Waals surface area contributed by atoms with Crippen LogP contribution in [0.2, 0.25) is 0 Å². The van der Waals surface area contributed by atoms with Crippen molar-refractivity contribution in [2.24, 2.45) is 5.92 Å². The lowest BCUT2D eigenvalue weighted by molar-refractivity contribution is -0.142. The number of hydrogen-bond acceptors (Lipinski definition) is 6. The van der Waals surface area contributed by atoms with Crippen LogP contribution in [-0.2, 0) is 30.8 Å². The first kappa shape index (κ1) is 25.9. The topological polar surface area (TPSA) is 139 Å². The van der Waals surface area contributed by atoms with Gasteiger partial charge in [-0.05, 0) is 30.0 Å². The molecule has 0 unspecified atom stereocenters. The highest BCUT2D eigenvalue weighted by molar-refractivity contribution is 7.91. The summed E-state index contributed by atoms with van der Waals surface area (Å²) >= 11 is 0. The summed E-state index contributed by atoms with van der Waals surface area (Å²) in [6, 6.07) is 14.1. The third-order valence-electron chi connectivity index (χ3n) is 4.83. The minimum atomic E-state index is -3.72. The van der Waals surface area contributed by atoms with Gasteiger partial charge in [0.15, 0.2) is 9.84 Å². The van der Waals surface area contributed by atoms with Crippen molar-refractivity contribution in [1.29, 1.82) is 0 Å². The molecule has 0 aromatic heterocycles. The lowest BCUT2D eigenvalue weighted by atomic mass is 10.0. The lowest BCUT2D eigenvalue weighted by Gasteiger charge is -2.23. The molecule has 10 heteroatoms. The van der Waals surface area contributed by atoms with Gasteiger partial charge in [0.25, 0.3) is 0 Å². The Morgan fingerprint density at radius 1 is 0.939 bits per heavy atom. The van der Waals surface area contributed by atoms with Crippen LogP contribution in [0.1, 0.15) is 25.8 Å². The zero-order valence-electron chi connectivity index (χ0n) is 18.4. The first-order valence-corrected chi connectivity index (χ1v) is 12.0. The molecule has 0 aliphatic heterocycles. The Hall–Kier alpha value is -3.40. The summed E-state index contributed by atoms with van der Waals surface area (Å²) in [5.74, 6) is -2.96. The second kappa shape index (κ2) is 12.0. The number of amides is 2. The van der Waals surface area contributed by atoms with Crippen molar-refractivity contribution in [1.82, 2.24) is 10.6 Å². The van der Waals surface area contributed by atoms with Crippen molar-refractivity contribution in [2.75, 3.05) is 5.75 Å². The SMILES string of the molecule is CC(C)[C@H](NC(=O)OCc1ccccc1)C(=O)N[C@H](CCS(=O)(=O)c1ccccc1)C(=O)O. The molecule has 3 N–H and O–H groups in total. The van der Waals surface area contributed by atoms with Gasteiger partial charge in [-0.15, -0.1) is 0 Å². The maximum Gasteiger partial charge on any atom is 0.408 e. The van der Waals surface area contributed by atoms with Crippen LogP contribution in [0.5, 0.6) is 0 Å². The third kappa shape index (κ3) is 8.23. The van der Waals surface area contributed by atoms with E-state index in [2.05, 4.69) is 10.6 Å². The number of hydrogen-bond donors (Lipinski definition) is 3. The maximum atomic E-state index is 12.7. The van der Waals surface area contributed by atoms with Crippen LogP contribution >= 0.6 is 0 Å². The highest BCUT2D eigenvalue weighted by Crippen LogP contribution is 2.13. The highest BCUT2D eigenvalue weighted by atomic mass is 32.2. The molecule has 2 aromatic carbocycles. The number of aliphatic carboxylic acids is 1. The van der Waals surface area contributed by atoms with Crippen molar-refractivity contribution in [3.63, 3.8) is 0 Å². The van der Waals surface area contributed by atoms with E-state index < -0.39 is 45.6 Å². The lowest BCUT2D eigenvalue weighted by Crippen LogP contribution is -2.54. The van der Waals surface area contributed by atoms with Gasteiger partial charge in [0.1, 0.15) is 18.7 Å². The van der Waals surface area contributed by atoms with Gasteiger partial charge >= 0.3 is 12.1 Å². The Kier molecular flexibility index (Phi) is 9.41. The smallest absolute Gasteiger partial charge is 0.408 e. The largest absolute Gasteiger partial charge is 0.480 e. The second-order valence-electron chi connectivity index (χ2n) is 7.75. The summed E-state index contributed by atoms with van der Waals surface area (Å²) in [5.41, 5.74) is 0.767. The van der Waals surface area contributed by atoms with Gasteiger partial charge in [0, 0.05) is 0 Å². The van der Waals surface area contributed by atoms with Gasteiger partial charge in [-0.3, -0.25) is 4.79 Å². The molecule has 33 heavy (non-hydrogen) atoms. The number of carbonyl (C=O) groups is 3. The number of ether oxygens (including phenoxy) is 1. The van der Waals surface area contributed by atoms with Gasteiger partial charge in [-0.2, -0.15) is 0 Å². The van der Waals surface area contributed by atoms with Crippen molar-refractivity contribution in [3.05, 3.63) is 66.2 Å². The van der Waals surface area contributed by atoms with Crippen molar-refractivity contribution in [3.8, 4) is 0 Å². The van der Waals surface area contributed by atoms with Crippen LogP contribution in [0.3, 0.4) is 0 Å². The third-order valence-corrected chi connectivity index (χ3v) is 6.59. The maximum absolute atomic E-state index is 12.7. The Bertz CT molecular complexity index is 1040. The van der Waals surface area contributed by atoms with Gasteiger partial charge in [0.05, 0.1) is 10.6 Å². The molecule has 0 fully saturated rings. The van der Waals surface area contributed by atoms with Crippen LogP contribution < -0.4 is 10.6 Å². The molecule has 2 amide bonds. The molecule has 2 atom stereocenters. The van der Waals surface area contributed by atoms with Crippen LogP contribution in [-0.4, -0.2) is 49.3 Å². The molecule has 2 rings (SSSR count). The zero-order chi connectivity index (χ0) is 24.4. The van der Waals surface area contributed by atoms with E-state index in [1.54, 1.807) is 56.3 Å². The molecule has 0 heterocycles. The van der Waals surface area contributed by atoms with E-state index in [-0.39, 0.29) is 23.8 Å². The number of carboxylic acids is 1. The van der Waals surface area contributed by atoms with Crippen LogP contribution in [0, 0.1) is 5.92 Å². The number of sulfone groups is 1. The first-order valence-electron chi connectivity index (χ1n) is 10.4. The predicted molar refractivity (Wildman–Crippen MR) is 121 cm³/mol. The average molecular weight is 477 g/mol. The molecule has 0 saturated carbocycles. The van der Waals surface area contributed by atoms with Gasteiger partial charge in [-0.1, -0.05) is 62.4 Å². The first-order chi connectivity index (χ1) is 15.6. The Balaban J connectivity index is 1.97. The number of rotatable bonds is 11. The Morgan fingerprint density at radius 3 is 2.06 bits per heavy atom. The summed E-state index contributed by atoms with van der Waals surface area (Å²) in [6.07, 6.45) is -1.16. The van der Waals surface area contributed by atoms with Crippen LogP contribution in [0.25, 0.3) is 0 Å². The molecule has 178 valence electrons. The molecule has 0 radical (unpaired) electrons. The fourth-order valence-corrected chi connectivity index (χ4v) is 4.32. The second-order valence-corrected chi connectivity index (χ2v) is 9.86. The Morgan fingerprint density at radius 2 is 1.52 bits per heavy atom. The standard InChI is InChI=1S/C23H28N2O7S/c1-16(2)20(25-23(29)32-15-17-9-5-3-6-10-17)21(26)24-19(22(27)28)13-14-33(30,31)18-11-7-4-8-12-18/h3-12,16,19-20H,13-15H2,1-2H3,(H,24,26)(H,25,29)(H,27,28)/t19-,20+/m1/s1. The highest BCUT2D eigenvalue weighted by Gasteiger charge is 2.30. The van der Waals surface area contributed by atoms with E-state index in [1.807, 2.05) is 6.07 Å². The summed E-state index contributed by atoms with van der Waals surface area (Å²) in [6.45, 7) is 3.36. The van der Waals surface area contributed by atoms with Gasteiger partial charge < -0.3 is 20.5 Å². The fraction of sp³-hybridized carbons (Fsp3) is 0.348. The Labute approximate surface area is 193 Å². The van der Waals surface area contributed by atoms with E-state index in [0.717, 1.165) is 5.56 Å². The molecule has 2 aromatic rings. The molecule has 0 spiro atoms. The van der Waals surface area contributed by atoms with Crippen molar-refractivity contribution >= 4 is 27.8 Å². The minimum absolute atomic E-state index is 0.00814. The quantitative estimate of drug-likeness (QED) is 0.452. The monoisotopic (exact) mass is 476 g/mol. The summed E-state index contributed by atoms with van der Waals surface area (Å²) in [7, 11) is -3.72. The van der Waals surface area contributed by atoms with E-state index in [1.165, 1.54) is 12.1 Å². The number of alkyl carbamates (subject to hydrolysis) is 1. The van der Waals surface area contributed by atoms with Gasteiger partial charge in [-0.25, -0.2) is 18.0 Å². The normalized spacial score (nSPS) is 13.1. The molecular weight excluding hydrogens is 448 g/mol. The molecule has 0 bridgehead atoms. The van der Waals surface area contributed by atoms with Crippen molar-refractivity contribution in [2.45, 2.75) is 43.9 Å². The number of carbonyl (C=O) groups excluding carboxylic acids is 2. The number of carboxylic acid groups (broad SMARTS) is 1. The summed E-state index contributed by atoms with van der Waals surface area (Å²) < 4.78 is 30.0. The zero-order valence-corrected chi connectivity index (χ0v) is 19.2.